The van der Waals surface area contributed by atoms with Crippen LogP contribution in [0.15, 0.2) is 48.7 Å². The van der Waals surface area contributed by atoms with Crippen molar-refractivity contribution in [2.45, 2.75) is 12.7 Å². The van der Waals surface area contributed by atoms with Crippen LogP contribution in [0.2, 0.25) is 0 Å². The van der Waals surface area contributed by atoms with Gasteiger partial charge in [-0.05, 0) is 17.7 Å². The molecule has 1 aromatic heterocycles. The molecule has 0 amide bonds. The molecule has 0 unspecified atom stereocenters. The maximum absolute atomic E-state index is 12.1. The number of piperazine rings is 1. The largest absolute Gasteiger partial charge is 0.452 e. The van der Waals surface area contributed by atoms with Gasteiger partial charge in [0.1, 0.15) is 5.82 Å². The summed E-state index contributed by atoms with van der Waals surface area (Å²) in [6.07, 6.45) is -3.28. The standard InChI is InChI=1S/C19H20F3N3O2/c20-19(21,22)14-27-18(26)16-6-7-17(23-12-16)25-10-8-24(9-11-25)13-15-4-2-1-3-5-15/h1-7,12H,8-11,13-14H2. The first-order valence-corrected chi connectivity index (χ1v) is 8.62. The van der Waals surface area contributed by atoms with E-state index in [-0.39, 0.29) is 5.56 Å². The summed E-state index contributed by atoms with van der Waals surface area (Å²) in [7, 11) is 0. The molecule has 0 N–H and O–H groups in total. The average Bonchev–Trinajstić information content (AvgIpc) is 2.67. The summed E-state index contributed by atoms with van der Waals surface area (Å²) in [5.41, 5.74) is 1.27. The lowest BCUT2D eigenvalue weighted by atomic mass is 10.2. The molecule has 1 aromatic carbocycles. The third kappa shape index (κ3) is 5.68. The lowest BCUT2D eigenvalue weighted by molar-refractivity contribution is -0.161. The van der Waals surface area contributed by atoms with Crippen molar-refractivity contribution in [3.8, 4) is 0 Å². The highest BCUT2D eigenvalue weighted by Crippen LogP contribution is 2.18. The van der Waals surface area contributed by atoms with Gasteiger partial charge in [-0.3, -0.25) is 4.90 Å². The molecule has 2 aromatic rings. The van der Waals surface area contributed by atoms with E-state index in [1.807, 2.05) is 18.2 Å². The lowest BCUT2D eigenvalue weighted by Gasteiger charge is -2.35. The number of anilines is 1. The minimum absolute atomic E-state index is 0.00529. The molecule has 0 radical (unpaired) electrons. The van der Waals surface area contributed by atoms with E-state index in [4.69, 9.17) is 0 Å². The Balaban J connectivity index is 1.50. The highest BCUT2D eigenvalue weighted by Gasteiger charge is 2.30. The van der Waals surface area contributed by atoms with Crippen LogP contribution in [0, 0.1) is 0 Å². The van der Waals surface area contributed by atoms with Crippen molar-refractivity contribution in [2.75, 3.05) is 37.7 Å². The molecular formula is C19H20F3N3O2. The molecule has 144 valence electrons. The third-order valence-electron chi connectivity index (χ3n) is 4.30. The highest BCUT2D eigenvalue weighted by molar-refractivity contribution is 5.89. The van der Waals surface area contributed by atoms with Crippen molar-refractivity contribution in [2.24, 2.45) is 0 Å². The highest BCUT2D eigenvalue weighted by atomic mass is 19.4. The van der Waals surface area contributed by atoms with Crippen LogP contribution in [-0.4, -0.2) is 54.8 Å². The lowest BCUT2D eigenvalue weighted by Crippen LogP contribution is -2.46. The van der Waals surface area contributed by atoms with Gasteiger partial charge in [0.05, 0.1) is 5.56 Å². The summed E-state index contributed by atoms with van der Waals surface area (Å²) in [5, 5.41) is 0. The van der Waals surface area contributed by atoms with E-state index >= 15 is 0 Å². The van der Waals surface area contributed by atoms with Gasteiger partial charge in [0, 0.05) is 38.9 Å². The number of aromatic nitrogens is 1. The molecule has 0 bridgehead atoms. The van der Waals surface area contributed by atoms with Gasteiger partial charge in [0.2, 0.25) is 0 Å². The average molecular weight is 379 g/mol. The molecule has 0 aliphatic carbocycles. The van der Waals surface area contributed by atoms with Gasteiger partial charge >= 0.3 is 12.1 Å². The number of nitrogens with zero attached hydrogens (tertiary/aromatic N) is 3. The summed E-state index contributed by atoms with van der Waals surface area (Å²) in [4.78, 5) is 20.3. The minimum Gasteiger partial charge on any atom is -0.452 e. The number of halogens is 3. The van der Waals surface area contributed by atoms with Crippen molar-refractivity contribution in [3.63, 3.8) is 0 Å². The molecule has 2 heterocycles. The molecule has 0 atom stereocenters. The van der Waals surface area contributed by atoms with Gasteiger partial charge in [0.15, 0.2) is 6.61 Å². The first kappa shape index (κ1) is 19.2. The number of rotatable bonds is 5. The van der Waals surface area contributed by atoms with Crippen LogP contribution in [0.5, 0.6) is 0 Å². The van der Waals surface area contributed by atoms with Crippen molar-refractivity contribution in [1.29, 1.82) is 0 Å². The normalized spacial score (nSPS) is 15.6. The van der Waals surface area contributed by atoms with Crippen molar-refractivity contribution < 1.29 is 22.7 Å². The number of pyridine rings is 1. The van der Waals surface area contributed by atoms with E-state index < -0.39 is 18.8 Å². The third-order valence-corrected chi connectivity index (χ3v) is 4.30. The Labute approximate surface area is 155 Å². The maximum Gasteiger partial charge on any atom is 0.422 e. The van der Waals surface area contributed by atoms with Gasteiger partial charge in [-0.1, -0.05) is 30.3 Å². The first-order valence-electron chi connectivity index (χ1n) is 8.62. The van der Waals surface area contributed by atoms with E-state index in [0.717, 1.165) is 32.7 Å². The van der Waals surface area contributed by atoms with Crippen molar-refractivity contribution in [1.82, 2.24) is 9.88 Å². The fourth-order valence-electron chi connectivity index (χ4n) is 2.90. The topological polar surface area (TPSA) is 45.7 Å². The Morgan fingerprint density at radius 1 is 1.04 bits per heavy atom. The molecule has 1 aliphatic heterocycles. The van der Waals surface area contributed by atoms with Crippen molar-refractivity contribution in [3.05, 3.63) is 59.8 Å². The van der Waals surface area contributed by atoms with E-state index in [1.165, 1.54) is 17.8 Å². The molecule has 3 rings (SSSR count). The number of esters is 1. The van der Waals surface area contributed by atoms with E-state index in [2.05, 4.69) is 31.7 Å². The molecule has 1 aliphatic rings. The molecule has 8 heteroatoms. The molecule has 5 nitrogen and oxygen atoms in total. The van der Waals surface area contributed by atoms with Crippen LogP contribution in [0.3, 0.4) is 0 Å². The van der Waals surface area contributed by atoms with E-state index in [1.54, 1.807) is 6.07 Å². The molecule has 0 spiro atoms. The smallest absolute Gasteiger partial charge is 0.422 e. The second-order valence-electron chi connectivity index (χ2n) is 6.35. The minimum atomic E-state index is -4.54. The Morgan fingerprint density at radius 2 is 1.74 bits per heavy atom. The summed E-state index contributed by atoms with van der Waals surface area (Å²) >= 11 is 0. The van der Waals surface area contributed by atoms with Gasteiger partial charge in [-0.15, -0.1) is 0 Å². The zero-order valence-electron chi connectivity index (χ0n) is 14.7. The number of carbonyl (C=O) groups is 1. The number of carbonyl (C=O) groups excluding carboxylic acids is 1. The predicted molar refractivity (Wildman–Crippen MR) is 94.5 cm³/mol. The zero-order valence-corrected chi connectivity index (χ0v) is 14.7. The van der Waals surface area contributed by atoms with Crippen molar-refractivity contribution >= 4 is 11.8 Å². The van der Waals surface area contributed by atoms with Gasteiger partial charge in [-0.2, -0.15) is 13.2 Å². The molecule has 1 saturated heterocycles. The number of benzene rings is 1. The van der Waals surface area contributed by atoms with Crippen LogP contribution in [-0.2, 0) is 11.3 Å². The Kier molecular flexibility index (Phi) is 5.95. The fourth-order valence-corrected chi connectivity index (χ4v) is 2.90. The van der Waals surface area contributed by atoms with Crippen LogP contribution in [0.25, 0.3) is 0 Å². The van der Waals surface area contributed by atoms with Gasteiger partial charge in [-0.25, -0.2) is 9.78 Å². The van der Waals surface area contributed by atoms with Crippen LogP contribution < -0.4 is 4.90 Å². The van der Waals surface area contributed by atoms with Gasteiger partial charge < -0.3 is 9.64 Å². The molecule has 27 heavy (non-hydrogen) atoms. The summed E-state index contributed by atoms with van der Waals surface area (Å²) < 4.78 is 40.5. The quantitative estimate of drug-likeness (QED) is 0.747. The fraction of sp³-hybridized carbons (Fsp3) is 0.368. The Bertz CT molecular complexity index is 743. The number of hydrogen-bond donors (Lipinski definition) is 0. The SMILES string of the molecule is O=C(OCC(F)(F)F)c1ccc(N2CCN(Cc3ccccc3)CC2)nc1. The zero-order chi connectivity index (χ0) is 19.3. The Hall–Kier alpha value is -2.61. The predicted octanol–water partition coefficient (Wildman–Crippen LogP) is 3.12. The Morgan fingerprint density at radius 3 is 2.33 bits per heavy atom. The second kappa shape index (κ2) is 8.39. The van der Waals surface area contributed by atoms with E-state index in [0.29, 0.717) is 5.82 Å². The van der Waals surface area contributed by atoms with Crippen LogP contribution in [0.1, 0.15) is 15.9 Å². The molecular weight excluding hydrogens is 359 g/mol. The van der Waals surface area contributed by atoms with Gasteiger partial charge in [0.25, 0.3) is 0 Å². The number of alkyl halides is 3. The first-order chi connectivity index (χ1) is 12.9. The summed E-state index contributed by atoms with van der Waals surface area (Å²) in [5.74, 6) is -0.333. The van der Waals surface area contributed by atoms with Crippen LogP contribution in [0.4, 0.5) is 19.0 Å². The maximum atomic E-state index is 12.1. The molecule has 1 fully saturated rings. The number of ether oxygens (including phenoxy) is 1. The summed E-state index contributed by atoms with van der Waals surface area (Å²) in [6.45, 7) is 2.64. The van der Waals surface area contributed by atoms with Crippen LogP contribution >= 0.6 is 0 Å². The second-order valence-corrected chi connectivity index (χ2v) is 6.35. The number of hydrogen-bond acceptors (Lipinski definition) is 5. The monoisotopic (exact) mass is 379 g/mol. The molecule has 0 saturated carbocycles. The summed E-state index contributed by atoms with van der Waals surface area (Å²) in [6, 6.07) is 13.3. The van der Waals surface area contributed by atoms with E-state index in [9.17, 15) is 18.0 Å².